The van der Waals surface area contributed by atoms with Gasteiger partial charge in [-0.2, -0.15) is 0 Å². The van der Waals surface area contributed by atoms with Crippen molar-refractivity contribution in [2.45, 2.75) is 19.9 Å². The second-order valence-electron chi connectivity index (χ2n) is 4.11. The Hall–Kier alpha value is -1.87. The topological polar surface area (TPSA) is 34.1 Å². The van der Waals surface area contributed by atoms with Crippen molar-refractivity contribution < 1.29 is 4.74 Å². The van der Waals surface area contributed by atoms with Gasteiger partial charge in [0.2, 0.25) is 0 Å². The largest absolute Gasteiger partial charge is 0.456 e. The molecule has 2 rings (SSSR count). The molecule has 3 heteroatoms. The maximum absolute atomic E-state index is 5.69. The van der Waals surface area contributed by atoms with E-state index in [2.05, 4.69) is 24.1 Å². The van der Waals surface area contributed by atoms with Gasteiger partial charge in [-0.15, -0.1) is 0 Å². The summed E-state index contributed by atoms with van der Waals surface area (Å²) in [4.78, 5) is 4.41. The van der Waals surface area contributed by atoms with Gasteiger partial charge in [-0.05, 0) is 37.7 Å². The molecule has 0 saturated heterocycles. The van der Waals surface area contributed by atoms with E-state index < -0.39 is 0 Å². The van der Waals surface area contributed by atoms with E-state index >= 15 is 0 Å². The van der Waals surface area contributed by atoms with Crippen LogP contribution in [0.25, 0.3) is 0 Å². The first-order chi connectivity index (χ1) is 8.79. The van der Waals surface area contributed by atoms with Gasteiger partial charge in [-0.3, -0.25) is 4.98 Å². The maximum Gasteiger partial charge on any atom is 0.145 e. The second-order valence-corrected chi connectivity index (χ2v) is 4.11. The monoisotopic (exact) mass is 242 g/mol. The van der Waals surface area contributed by atoms with Crippen molar-refractivity contribution >= 4 is 0 Å². The van der Waals surface area contributed by atoms with Crippen molar-refractivity contribution in [3.05, 3.63) is 54.4 Å². The van der Waals surface area contributed by atoms with Crippen LogP contribution in [-0.4, -0.2) is 11.5 Å². The van der Waals surface area contributed by atoms with Crippen LogP contribution < -0.4 is 10.1 Å². The lowest BCUT2D eigenvalue weighted by atomic mass is 10.2. The third-order valence-electron chi connectivity index (χ3n) is 2.69. The standard InChI is InChI=1S/C15H18N2O/c1-3-16-12(2)15-10-9-14(11-17-15)18-13-7-5-4-6-8-13/h4-12,16H,3H2,1-2H3. The van der Waals surface area contributed by atoms with Crippen LogP contribution in [0.15, 0.2) is 48.7 Å². The molecule has 18 heavy (non-hydrogen) atoms. The lowest BCUT2D eigenvalue weighted by molar-refractivity contribution is 0.478. The summed E-state index contributed by atoms with van der Waals surface area (Å²) < 4.78 is 5.69. The first kappa shape index (κ1) is 12.6. The van der Waals surface area contributed by atoms with Gasteiger partial charge in [0.05, 0.1) is 11.9 Å². The number of hydrogen-bond acceptors (Lipinski definition) is 3. The average Bonchev–Trinajstić information content (AvgIpc) is 2.41. The Morgan fingerprint density at radius 2 is 1.89 bits per heavy atom. The van der Waals surface area contributed by atoms with Gasteiger partial charge in [0.15, 0.2) is 0 Å². The van der Waals surface area contributed by atoms with Crippen LogP contribution in [0.4, 0.5) is 0 Å². The fourth-order valence-electron chi connectivity index (χ4n) is 1.74. The first-order valence-electron chi connectivity index (χ1n) is 6.22. The first-order valence-corrected chi connectivity index (χ1v) is 6.22. The minimum Gasteiger partial charge on any atom is -0.456 e. The van der Waals surface area contributed by atoms with Crippen LogP contribution in [0.5, 0.6) is 11.5 Å². The van der Waals surface area contributed by atoms with Crippen LogP contribution in [0.3, 0.4) is 0 Å². The van der Waals surface area contributed by atoms with Crippen molar-refractivity contribution in [3.8, 4) is 11.5 Å². The molecule has 0 amide bonds. The summed E-state index contributed by atoms with van der Waals surface area (Å²) in [6.45, 7) is 5.12. The SMILES string of the molecule is CCNC(C)c1ccc(Oc2ccccc2)cn1. The second kappa shape index (κ2) is 6.17. The number of ether oxygens (including phenoxy) is 1. The highest BCUT2D eigenvalue weighted by molar-refractivity contribution is 5.29. The smallest absolute Gasteiger partial charge is 0.145 e. The molecule has 0 fully saturated rings. The number of nitrogens with zero attached hydrogens (tertiary/aromatic N) is 1. The highest BCUT2D eigenvalue weighted by Gasteiger charge is 2.05. The Balaban J connectivity index is 2.04. The summed E-state index contributed by atoms with van der Waals surface area (Å²) in [5, 5.41) is 3.33. The van der Waals surface area contributed by atoms with Gasteiger partial charge < -0.3 is 10.1 Å². The minimum absolute atomic E-state index is 0.265. The van der Waals surface area contributed by atoms with Gasteiger partial charge in [0.25, 0.3) is 0 Å². The molecule has 1 unspecified atom stereocenters. The molecule has 0 spiro atoms. The third kappa shape index (κ3) is 3.31. The Morgan fingerprint density at radius 1 is 1.11 bits per heavy atom. The number of benzene rings is 1. The van der Waals surface area contributed by atoms with Crippen molar-refractivity contribution in [1.29, 1.82) is 0 Å². The lowest BCUT2D eigenvalue weighted by Gasteiger charge is -2.12. The number of aromatic nitrogens is 1. The lowest BCUT2D eigenvalue weighted by Crippen LogP contribution is -2.18. The maximum atomic E-state index is 5.69. The predicted octanol–water partition coefficient (Wildman–Crippen LogP) is 3.54. The van der Waals surface area contributed by atoms with Crippen molar-refractivity contribution in [1.82, 2.24) is 10.3 Å². The van der Waals surface area contributed by atoms with Crippen LogP contribution in [-0.2, 0) is 0 Å². The molecule has 94 valence electrons. The van der Waals surface area contributed by atoms with Gasteiger partial charge >= 0.3 is 0 Å². The third-order valence-corrected chi connectivity index (χ3v) is 2.69. The quantitative estimate of drug-likeness (QED) is 0.870. The molecule has 2 aromatic rings. The Labute approximate surface area is 108 Å². The molecule has 1 N–H and O–H groups in total. The highest BCUT2D eigenvalue weighted by atomic mass is 16.5. The zero-order valence-corrected chi connectivity index (χ0v) is 10.8. The number of para-hydroxylation sites is 1. The zero-order valence-electron chi connectivity index (χ0n) is 10.8. The number of nitrogens with one attached hydrogen (secondary N) is 1. The molecule has 1 heterocycles. The van der Waals surface area contributed by atoms with E-state index in [0.717, 1.165) is 23.7 Å². The number of pyridine rings is 1. The van der Waals surface area contributed by atoms with Crippen LogP contribution in [0.1, 0.15) is 25.6 Å². The fraction of sp³-hybridized carbons (Fsp3) is 0.267. The molecular formula is C15H18N2O. The normalized spacial score (nSPS) is 12.1. The van der Waals surface area contributed by atoms with Crippen LogP contribution >= 0.6 is 0 Å². The minimum atomic E-state index is 0.265. The summed E-state index contributed by atoms with van der Waals surface area (Å²) >= 11 is 0. The van der Waals surface area contributed by atoms with Gasteiger partial charge in [-0.1, -0.05) is 25.1 Å². The molecule has 0 radical (unpaired) electrons. The highest BCUT2D eigenvalue weighted by Crippen LogP contribution is 2.21. The van der Waals surface area contributed by atoms with Gasteiger partial charge in [-0.25, -0.2) is 0 Å². The Kier molecular flexibility index (Phi) is 4.31. The summed E-state index contributed by atoms with van der Waals surface area (Å²) in [5.41, 5.74) is 1.03. The summed E-state index contributed by atoms with van der Waals surface area (Å²) in [7, 11) is 0. The molecule has 0 saturated carbocycles. The van der Waals surface area contributed by atoms with E-state index in [9.17, 15) is 0 Å². The van der Waals surface area contributed by atoms with Gasteiger partial charge in [0, 0.05) is 6.04 Å². The van der Waals surface area contributed by atoms with E-state index in [-0.39, 0.29) is 6.04 Å². The van der Waals surface area contributed by atoms with Crippen molar-refractivity contribution in [2.75, 3.05) is 6.54 Å². The van der Waals surface area contributed by atoms with Crippen LogP contribution in [0, 0.1) is 0 Å². The Bertz CT molecular complexity index is 468. The zero-order chi connectivity index (χ0) is 12.8. The van der Waals surface area contributed by atoms with E-state index in [1.165, 1.54) is 0 Å². The molecule has 0 aliphatic heterocycles. The van der Waals surface area contributed by atoms with E-state index in [4.69, 9.17) is 4.74 Å². The Morgan fingerprint density at radius 3 is 2.50 bits per heavy atom. The van der Waals surface area contributed by atoms with E-state index in [0.29, 0.717) is 0 Å². The van der Waals surface area contributed by atoms with Crippen molar-refractivity contribution in [3.63, 3.8) is 0 Å². The molecule has 0 bridgehead atoms. The predicted molar refractivity (Wildman–Crippen MR) is 72.8 cm³/mol. The van der Waals surface area contributed by atoms with E-state index in [1.54, 1.807) is 6.20 Å². The summed E-state index contributed by atoms with van der Waals surface area (Å²) in [6.07, 6.45) is 1.76. The van der Waals surface area contributed by atoms with Crippen LogP contribution in [0.2, 0.25) is 0 Å². The molecule has 0 aliphatic carbocycles. The average molecular weight is 242 g/mol. The molecule has 1 aromatic carbocycles. The van der Waals surface area contributed by atoms with Crippen molar-refractivity contribution in [2.24, 2.45) is 0 Å². The molecule has 0 aliphatic rings. The van der Waals surface area contributed by atoms with Gasteiger partial charge in [0.1, 0.15) is 11.5 Å². The molecule has 1 atom stereocenters. The number of rotatable bonds is 5. The molecule has 1 aromatic heterocycles. The molecular weight excluding hydrogens is 224 g/mol. The summed E-state index contributed by atoms with van der Waals surface area (Å²) in [5.74, 6) is 1.58. The number of hydrogen-bond donors (Lipinski definition) is 1. The van der Waals surface area contributed by atoms with E-state index in [1.807, 2.05) is 42.5 Å². The molecule has 3 nitrogen and oxygen atoms in total. The fourth-order valence-corrected chi connectivity index (χ4v) is 1.74. The summed E-state index contributed by atoms with van der Waals surface area (Å²) in [6, 6.07) is 13.9.